The number of piperazine rings is 1. The molecule has 0 aromatic carbocycles. The van der Waals surface area contributed by atoms with Crippen molar-refractivity contribution in [2.45, 2.75) is 26.3 Å². The van der Waals surface area contributed by atoms with E-state index in [1.165, 1.54) is 0 Å². The number of morpholine rings is 1. The lowest BCUT2D eigenvalue weighted by atomic mass is 10.3. The maximum absolute atomic E-state index is 12.0. The van der Waals surface area contributed by atoms with E-state index >= 15 is 0 Å². The third kappa shape index (κ3) is 11.1. The molecule has 186 valence electrons. The molecular weight excluding hydrogens is 525 g/mol. The number of hydrogen-bond donors (Lipinski definition) is 2. The van der Waals surface area contributed by atoms with E-state index in [2.05, 4.69) is 30.3 Å². The maximum atomic E-state index is 12.0. The van der Waals surface area contributed by atoms with E-state index in [-0.39, 0.29) is 48.4 Å². The molecule has 2 aliphatic heterocycles. The molecule has 0 aromatic rings. The Morgan fingerprint density at radius 2 is 1.69 bits per heavy atom. The minimum Gasteiger partial charge on any atom is -0.379 e. The van der Waals surface area contributed by atoms with E-state index in [9.17, 15) is 9.59 Å². The van der Waals surface area contributed by atoms with Gasteiger partial charge in [0.1, 0.15) is 6.54 Å². The Labute approximate surface area is 210 Å². The summed E-state index contributed by atoms with van der Waals surface area (Å²) in [7, 11) is 3.49. The highest BCUT2D eigenvalue weighted by molar-refractivity contribution is 14.0. The second-order valence-electron chi connectivity index (χ2n) is 8.65. The number of nitrogens with one attached hydrogen (secondary N) is 2. The molecule has 2 rings (SSSR count). The Hall–Kier alpha value is -1.18. The molecule has 2 saturated heterocycles. The quantitative estimate of drug-likeness (QED) is 0.168. The first kappa shape index (κ1) is 28.9. The Morgan fingerprint density at radius 3 is 2.28 bits per heavy atom. The van der Waals surface area contributed by atoms with Crippen molar-refractivity contribution < 1.29 is 14.3 Å². The summed E-state index contributed by atoms with van der Waals surface area (Å²) in [5, 5.41) is 6.40. The minimum absolute atomic E-state index is 0. The molecule has 2 fully saturated rings. The van der Waals surface area contributed by atoms with Gasteiger partial charge in [-0.1, -0.05) is 0 Å². The number of ether oxygens (including phenoxy) is 1. The van der Waals surface area contributed by atoms with E-state index < -0.39 is 0 Å². The van der Waals surface area contributed by atoms with Crippen LogP contribution >= 0.6 is 24.0 Å². The monoisotopic (exact) mass is 567 g/mol. The highest BCUT2D eigenvalue weighted by Crippen LogP contribution is 2.03. The third-order valence-electron chi connectivity index (χ3n) is 5.39. The van der Waals surface area contributed by atoms with Gasteiger partial charge in [0, 0.05) is 66.0 Å². The van der Waals surface area contributed by atoms with E-state index in [1.807, 2.05) is 13.8 Å². The van der Waals surface area contributed by atoms with Gasteiger partial charge in [0.15, 0.2) is 5.96 Å². The summed E-state index contributed by atoms with van der Waals surface area (Å²) in [4.78, 5) is 37.0. The molecule has 0 aromatic heterocycles. The first-order chi connectivity index (χ1) is 14.8. The Morgan fingerprint density at radius 1 is 1.03 bits per heavy atom. The molecule has 2 heterocycles. The minimum atomic E-state index is -0.0170. The zero-order valence-corrected chi connectivity index (χ0v) is 22.5. The zero-order valence-electron chi connectivity index (χ0n) is 20.1. The van der Waals surface area contributed by atoms with Crippen LogP contribution in [0.25, 0.3) is 0 Å². The van der Waals surface area contributed by atoms with E-state index in [0.29, 0.717) is 6.54 Å². The van der Waals surface area contributed by atoms with Crippen molar-refractivity contribution in [2.24, 2.45) is 4.99 Å². The lowest BCUT2D eigenvalue weighted by Gasteiger charge is -2.36. The number of carbonyl (C=O) groups is 2. The fourth-order valence-electron chi connectivity index (χ4n) is 3.57. The summed E-state index contributed by atoms with van der Waals surface area (Å²) in [5.74, 6) is 0.829. The first-order valence-electron chi connectivity index (χ1n) is 11.4. The molecule has 0 radical (unpaired) electrons. The van der Waals surface area contributed by atoms with Crippen molar-refractivity contribution in [3.05, 3.63) is 0 Å². The average Bonchev–Trinajstić information content (AvgIpc) is 2.73. The summed E-state index contributed by atoms with van der Waals surface area (Å²) in [6.07, 6.45) is 1.01. The van der Waals surface area contributed by atoms with Crippen LogP contribution in [0.15, 0.2) is 4.99 Å². The number of amides is 2. The second kappa shape index (κ2) is 15.6. The van der Waals surface area contributed by atoms with Gasteiger partial charge >= 0.3 is 0 Å². The molecule has 2 amide bonds. The molecule has 11 heteroatoms. The molecule has 0 unspecified atom stereocenters. The Bertz CT molecular complexity index is 590. The van der Waals surface area contributed by atoms with Gasteiger partial charge in [0.25, 0.3) is 0 Å². The number of aliphatic imine (C=N–C) groups is 1. The third-order valence-corrected chi connectivity index (χ3v) is 5.39. The second-order valence-corrected chi connectivity index (χ2v) is 8.65. The molecule has 0 bridgehead atoms. The number of guanidine groups is 1. The van der Waals surface area contributed by atoms with Crippen LogP contribution in [0.3, 0.4) is 0 Å². The van der Waals surface area contributed by atoms with Gasteiger partial charge in [-0.3, -0.25) is 19.4 Å². The van der Waals surface area contributed by atoms with Gasteiger partial charge in [0.05, 0.1) is 19.8 Å². The molecule has 0 aliphatic carbocycles. The number of halogens is 1. The Balaban J connectivity index is 0.00000512. The van der Waals surface area contributed by atoms with Crippen LogP contribution in [0.5, 0.6) is 0 Å². The predicted octanol–water partition coefficient (Wildman–Crippen LogP) is -0.497. The molecular formula is C21H42IN7O3. The number of rotatable bonds is 9. The number of likely N-dealkylation sites (N-methyl/N-ethyl adjacent to an activating group) is 1. The van der Waals surface area contributed by atoms with E-state index in [0.717, 1.165) is 78.0 Å². The van der Waals surface area contributed by atoms with Gasteiger partial charge in [-0.15, -0.1) is 24.0 Å². The molecule has 2 N–H and O–H groups in total. The van der Waals surface area contributed by atoms with Crippen LogP contribution in [0, 0.1) is 0 Å². The van der Waals surface area contributed by atoms with Crippen LogP contribution in [0.1, 0.15) is 20.3 Å². The summed E-state index contributed by atoms with van der Waals surface area (Å²) in [6, 6.07) is 0.156. The van der Waals surface area contributed by atoms with Gasteiger partial charge in [-0.05, 0) is 26.8 Å². The lowest BCUT2D eigenvalue weighted by Crippen LogP contribution is -2.54. The van der Waals surface area contributed by atoms with E-state index in [1.54, 1.807) is 19.0 Å². The normalized spacial score (nSPS) is 18.3. The molecule has 2 aliphatic rings. The zero-order chi connectivity index (χ0) is 22.6. The molecule has 0 spiro atoms. The molecule has 0 saturated carbocycles. The topological polar surface area (TPSA) is 92.8 Å². The standard InChI is InChI=1S/C21H41N7O3.HI/c1-18(2)24-19(29)17-27-8-10-28(11-9-27)21(23-16-20(30)25(3)4)22-6-5-7-26-12-14-31-15-13-26;/h18H,5-17H2,1-4H3,(H,22,23)(H,24,29);1H. The molecule has 10 nitrogen and oxygen atoms in total. The largest absolute Gasteiger partial charge is 0.379 e. The van der Waals surface area contributed by atoms with Crippen LogP contribution < -0.4 is 10.6 Å². The average molecular weight is 568 g/mol. The van der Waals surface area contributed by atoms with Crippen molar-refractivity contribution in [1.29, 1.82) is 0 Å². The van der Waals surface area contributed by atoms with Crippen molar-refractivity contribution in [3.63, 3.8) is 0 Å². The number of hydrogen-bond acceptors (Lipinski definition) is 6. The van der Waals surface area contributed by atoms with Gasteiger partial charge in [-0.25, -0.2) is 4.99 Å². The highest BCUT2D eigenvalue weighted by atomic mass is 127. The van der Waals surface area contributed by atoms with Crippen molar-refractivity contribution in [2.75, 3.05) is 92.8 Å². The van der Waals surface area contributed by atoms with Crippen molar-refractivity contribution in [3.8, 4) is 0 Å². The highest BCUT2D eigenvalue weighted by Gasteiger charge is 2.22. The first-order valence-corrected chi connectivity index (χ1v) is 11.4. The van der Waals surface area contributed by atoms with Crippen LogP contribution in [0.4, 0.5) is 0 Å². The lowest BCUT2D eigenvalue weighted by molar-refractivity contribution is -0.127. The van der Waals surface area contributed by atoms with Crippen LogP contribution in [-0.2, 0) is 14.3 Å². The van der Waals surface area contributed by atoms with Crippen LogP contribution in [0.2, 0.25) is 0 Å². The summed E-state index contributed by atoms with van der Waals surface area (Å²) < 4.78 is 5.40. The maximum Gasteiger partial charge on any atom is 0.243 e. The SMILES string of the molecule is CC(C)NC(=O)CN1CCN(C(=NCC(=O)N(C)C)NCCCN2CCOCC2)CC1.I. The fraction of sp³-hybridized carbons (Fsp3) is 0.857. The van der Waals surface area contributed by atoms with Crippen molar-refractivity contribution >= 4 is 41.8 Å². The summed E-state index contributed by atoms with van der Waals surface area (Å²) >= 11 is 0. The fourth-order valence-corrected chi connectivity index (χ4v) is 3.57. The van der Waals surface area contributed by atoms with Crippen molar-refractivity contribution in [1.82, 2.24) is 30.2 Å². The number of carbonyl (C=O) groups excluding carboxylic acids is 2. The van der Waals surface area contributed by atoms with E-state index in [4.69, 9.17) is 4.74 Å². The van der Waals surface area contributed by atoms with Gasteiger partial charge in [-0.2, -0.15) is 0 Å². The smallest absolute Gasteiger partial charge is 0.243 e. The molecule has 0 atom stereocenters. The molecule has 32 heavy (non-hydrogen) atoms. The summed E-state index contributed by atoms with van der Waals surface area (Å²) in [5.41, 5.74) is 0. The summed E-state index contributed by atoms with van der Waals surface area (Å²) in [6.45, 7) is 13.1. The van der Waals surface area contributed by atoms with Gasteiger partial charge < -0.3 is 25.2 Å². The predicted molar refractivity (Wildman–Crippen MR) is 138 cm³/mol. The number of nitrogens with zero attached hydrogens (tertiary/aromatic N) is 5. The van der Waals surface area contributed by atoms with Crippen LogP contribution in [-0.4, -0.2) is 136 Å². The Kier molecular flexibility index (Phi) is 14.1. The van der Waals surface area contributed by atoms with Gasteiger partial charge in [0.2, 0.25) is 11.8 Å².